The molecule has 1 aliphatic heterocycles. The van der Waals surface area contributed by atoms with Gasteiger partial charge in [-0.2, -0.15) is 0 Å². The number of anilines is 2. The van der Waals surface area contributed by atoms with E-state index in [4.69, 9.17) is 15.2 Å². The van der Waals surface area contributed by atoms with Gasteiger partial charge in [-0.15, -0.1) is 0 Å². The molecule has 0 aromatic heterocycles. The molecule has 0 aliphatic carbocycles. The molecular weight excluding hydrogens is 268 g/mol. The Labute approximate surface area is 122 Å². The molecule has 21 heavy (non-hydrogen) atoms. The zero-order valence-corrected chi connectivity index (χ0v) is 11.2. The van der Waals surface area contributed by atoms with Crippen molar-refractivity contribution in [1.82, 2.24) is 0 Å². The summed E-state index contributed by atoms with van der Waals surface area (Å²) in [6, 6.07) is 12.5. The summed E-state index contributed by atoms with van der Waals surface area (Å²) in [5, 5.41) is 2.75. The molecule has 0 saturated carbocycles. The lowest BCUT2D eigenvalue weighted by atomic mass is 10.2. The Balaban J connectivity index is 1.65. The van der Waals surface area contributed by atoms with Crippen LogP contribution in [-0.4, -0.2) is 12.7 Å². The van der Waals surface area contributed by atoms with Crippen LogP contribution in [0.4, 0.5) is 11.4 Å². The van der Waals surface area contributed by atoms with E-state index in [1.165, 1.54) is 6.08 Å². The molecule has 0 saturated heterocycles. The van der Waals surface area contributed by atoms with Gasteiger partial charge in [0, 0.05) is 17.5 Å². The van der Waals surface area contributed by atoms with Gasteiger partial charge in [0.25, 0.3) is 0 Å². The van der Waals surface area contributed by atoms with Gasteiger partial charge in [0.1, 0.15) is 0 Å². The summed E-state index contributed by atoms with van der Waals surface area (Å²) in [7, 11) is 0. The summed E-state index contributed by atoms with van der Waals surface area (Å²) >= 11 is 0. The lowest BCUT2D eigenvalue weighted by molar-refractivity contribution is -0.111. The van der Waals surface area contributed by atoms with Crippen LogP contribution in [0.2, 0.25) is 0 Å². The van der Waals surface area contributed by atoms with Gasteiger partial charge in [0.15, 0.2) is 11.5 Å². The molecule has 0 radical (unpaired) electrons. The van der Waals surface area contributed by atoms with Crippen LogP contribution >= 0.6 is 0 Å². The van der Waals surface area contributed by atoms with E-state index < -0.39 is 0 Å². The predicted molar refractivity (Wildman–Crippen MR) is 81.1 cm³/mol. The van der Waals surface area contributed by atoms with Crippen molar-refractivity contribution in [3.63, 3.8) is 0 Å². The molecule has 106 valence electrons. The number of nitrogens with two attached hydrogens (primary N) is 1. The van der Waals surface area contributed by atoms with Crippen molar-refractivity contribution in [3.05, 3.63) is 54.1 Å². The third kappa shape index (κ3) is 3.14. The largest absolute Gasteiger partial charge is 0.454 e. The molecule has 0 spiro atoms. The second-order valence-electron chi connectivity index (χ2n) is 4.56. The smallest absolute Gasteiger partial charge is 0.248 e. The second kappa shape index (κ2) is 5.58. The number of ether oxygens (including phenoxy) is 2. The van der Waals surface area contributed by atoms with Crippen molar-refractivity contribution in [1.29, 1.82) is 0 Å². The Kier molecular flexibility index (Phi) is 3.47. The molecule has 2 aromatic carbocycles. The molecule has 5 heteroatoms. The monoisotopic (exact) mass is 282 g/mol. The zero-order chi connectivity index (χ0) is 14.7. The van der Waals surface area contributed by atoms with Gasteiger partial charge in [-0.1, -0.05) is 6.07 Å². The molecule has 1 heterocycles. The van der Waals surface area contributed by atoms with Crippen molar-refractivity contribution in [2.45, 2.75) is 0 Å². The van der Waals surface area contributed by atoms with Crippen LogP contribution in [0.3, 0.4) is 0 Å². The number of rotatable bonds is 3. The second-order valence-corrected chi connectivity index (χ2v) is 4.56. The van der Waals surface area contributed by atoms with E-state index in [0.717, 1.165) is 11.3 Å². The number of carbonyl (C=O) groups is 1. The molecule has 2 aromatic rings. The third-order valence-corrected chi connectivity index (χ3v) is 3.00. The Hall–Kier alpha value is -2.95. The number of fused-ring (bicyclic) bond motifs is 1. The average Bonchev–Trinajstić information content (AvgIpc) is 2.95. The van der Waals surface area contributed by atoms with E-state index in [2.05, 4.69) is 5.32 Å². The number of hydrogen-bond donors (Lipinski definition) is 2. The third-order valence-electron chi connectivity index (χ3n) is 3.00. The van der Waals surface area contributed by atoms with Crippen molar-refractivity contribution >= 4 is 23.4 Å². The molecule has 1 aliphatic rings. The van der Waals surface area contributed by atoms with Crippen LogP contribution in [-0.2, 0) is 4.79 Å². The molecule has 0 atom stereocenters. The quantitative estimate of drug-likeness (QED) is 0.670. The minimum absolute atomic E-state index is 0.211. The van der Waals surface area contributed by atoms with Crippen LogP contribution < -0.4 is 20.5 Å². The van der Waals surface area contributed by atoms with Gasteiger partial charge < -0.3 is 20.5 Å². The first-order valence-corrected chi connectivity index (χ1v) is 6.45. The number of hydrogen-bond acceptors (Lipinski definition) is 4. The summed E-state index contributed by atoms with van der Waals surface area (Å²) in [6.45, 7) is 0.236. The molecule has 0 unspecified atom stereocenters. The maximum absolute atomic E-state index is 11.8. The van der Waals surface area contributed by atoms with Crippen LogP contribution in [0.15, 0.2) is 48.5 Å². The molecular formula is C16H14N2O3. The Bertz CT molecular complexity index is 693. The van der Waals surface area contributed by atoms with E-state index in [9.17, 15) is 4.79 Å². The standard InChI is InChI=1S/C16H14N2O3/c17-12-3-5-13(6-4-12)18-16(19)8-2-11-1-7-14-15(9-11)21-10-20-14/h1-9H,10,17H2,(H,18,19). The molecule has 3 rings (SSSR count). The number of carbonyl (C=O) groups excluding carboxylic acids is 1. The first-order chi connectivity index (χ1) is 10.2. The van der Waals surface area contributed by atoms with Crippen molar-refractivity contribution < 1.29 is 14.3 Å². The Morgan fingerprint density at radius 3 is 2.67 bits per heavy atom. The fourth-order valence-corrected chi connectivity index (χ4v) is 1.94. The SMILES string of the molecule is Nc1ccc(NC(=O)C=Cc2ccc3c(c2)OCO3)cc1. The molecule has 0 bridgehead atoms. The first-order valence-electron chi connectivity index (χ1n) is 6.45. The first kappa shape index (κ1) is 13.1. The van der Waals surface area contributed by atoms with Gasteiger partial charge >= 0.3 is 0 Å². The van der Waals surface area contributed by atoms with Gasteiger partial charge in [-0.05, 0) is 48.0 Å². The lowest BCUT2D eigenvalue weighted by Gasteiger charge is -2.02. The van der Waals surface area contributed by atoms with E-state index in [0.29, 0.717) is 17.1 Å². The van der Waals surface area contributed by atoms with Crippen molar-refractivity contribution in [2.75, 3.05) is 17.8 Å². The highest BCUT2D eigenvalue weighted by atomic mass is 16.7. The topological polar surface area (TPSA) is 73.6 Å². The molecule has 3 N–H and O–H groups in total. The van der Waals surface area contributed by atoms with Crippen molar-refractivity contribution in [3.8, 4) is 11.5 Å². The summed E-state index contributed by atoms with van der Waals surface area (Å²) in [4.78, 5) is 11.8. The van der Waals surface area contributed by atoms with Crippen LogP contribution in [0, 0.1) is 0 Å². The van der Waals surface area contributed by atoms with Crippen LogP contribution in [0.25, 0.3) is 6.08 Å². The summed E-state index contributed by atoms with van der Waals surface area (Å²) in [5.41, 5.74) is 7.81. The molecule has 0 fully saturated rings. The molecule has 5 nitrogen and oxygen atoms in total. The highest BCUT2D eigenvalue weighted by Crippen LogP contribution is 2.32. The molecule has 1 amide bonds. The summed E-state index contributed by atoms with van der Waals surface area (Å²) in [5.74, 6) is 1.20. The predicted octanol–water partition coefficient (Wildman–Crippen LogP) is 2.65. The normalized spacial score (nSPS) is 12.6. The Morgan fingerprint density at radius 2 is 1.86 bits per heavy atom. The lowest BCUT2D eigenvalue weighted by Crippen LogP contribution is -2.07. The summed E-state index contributed by atoms with van der Waals surface area (Å²) < 4.78 is 10.5. The van der Waals surface area contributed by atoms with Gasteiger partial charge in [0.05, 0.1) is 0 Å². The van der Waals surface area contributed by atoms with E-state index in [1.54, 1.807) is 30.3 Å². The van der Waals surface area contributed by atoms with E-state index >= 15 is 0 Å². The van der Waals surface area contributed by atoms with Gasteiger partial charge in [-0.25, -0.2) is 0 Å². The van der Waals surface area contributed by atoms with E-state index in [-0.39, 0.29) is 12.7 Å². The number of nitrogen functional groups attached to an aromatic ring is 1. The number of benzene rings is 2. The maximum atomic E-state index is 11.8. The van der Waals surface area contributed by atoms with Gasteiger partial charge in [-0.3, -0.25) is 4.79 Å². The zero-order valence-electron chi connectivity index (χ0n) is 11.2. The average molecular weight is 282 g/mol. The number of amides is 1. The fourth-order valence-electron chi connectivity index (χ4n) is 1.94. The highest BCUT2D eigenvalue weighted by Gasteiger charge is 2.12. The minimum atomic E-state index is -0.211. The highest BCUT2D eigenvalue weighted by molar-refractivity contribution is 6.02. The number of nitrogens with one attached hydrogen (secondary N) is 1. The van der Waals surface area contributed by atoms with Crippen LogP contribution in [0.1, 0.15) is 5.56 Å². The Morgan fingerprint density at radius 1 is 1.10 bits per heavy atom. The van der Waals surface area contributed by atoms with Crippen LogP contribution in [0.5, 0.6) is 11.5 Å². The van der Waals surface area contributed by atoms with E-state index in [1.807, 2.05) is 18.2 Å². The summed E-state index contributed by atoms with van der Waals surface area (Å²) in [6.07, 6.45) is 3.18. The fraction of sp³-hybridized carbons (Fsp3) is 0.0625. The van der Waals surface area contributed by atoms with Crippen molar-refractivity contribution in [2.24, 2.45) is 0 Å². The maximum Gasteiger partial charge on any atom is 0.248 e. The van der Waals surface area contributed by atoms with Gasteiger partial charge in [0.2, 0.25) is 12.7 Å². The minimum Gasteiger partial charge on any atom is -0.454 e.